The second-order valence-electron chi connectivity index (χ2n) is 8.27. The number of aliphatic hydroxyl groups excluding tert-OH is 1. The van der Waals surface area contributed by atoms with Crippen LogP contribution in [0.15, 0.2) is 66.5 Å². The maximum absolute atomic E-state index is 13.4. The van der Waals surface area contributed by atoms with E-state index in [-0.39, 0.29) is 11.3 Å². The van der Waals surface area contributed by atoms with Crippen molar-refractivity contribution in [2.75, 3.05) is 18.1 Å². The number of rotatable bonds is 7. The van der Waals surface area contributed by atoms with E-state index in [9.17, 15) is 14.7 Å². The summed E-state index contributed by atoms with van der Waals surface area (Å²) in [6.45, 7) is 8.37. The number of ether oxygens (including phenoxy) is 2. The van der Waals surface area contributed by atoms with E-state index in [1.54, 1.807) is 42.7 Å². The molecular formula is C28H28N2O5. The third kappa shape index (κ3) is 4.49. The first-order chi connectivity index (χ1) is 16.9. The van der Waals surface area contributed by atoms with Crippen LogP contribution in [0.1, 0.15) is 42.1 Å². The van der Waals surface area contributed by atoms with Crippen molar-refractivity contribution in [3.8, 4) is 11.5 Å². The minimum atomic E-state index is -0.855. The van der Waals surface area contributed by atoms with Crippen LogP contribution in [0.5, 0.6) is 11.5 Å². The van der Waals surface area contributed by atoms with Gasteiger partial charge in [0.2, 0.25) is 0 Å². The molecule has 0 radical (unpaired) electrons. The minimum Gasteiger partial charge on any atom is -0.507 e. The molecular weight excluding hydrogens is 444 g/mol. The molecule has 1 N–H and O–H groups in total. The normalized spacial score (nSPS) is 17.0. The molecule has 35 heavy (non-hydrogen) atoms. The number of ketones is 1. The molecule has 4 rings (SSSR count). The molecule has 0 bridgehead atoms. The van der Waals surface area contributed by atoms with Crippen LogP contribution in [-0.4, -0.2) is 35.0 Å². The SMILES string of the molecule is CCOc1ccc(/C(O)=C2/C(=O)C(=O)N(c3ccc(C)cc3C)C2c2cccnc2)c(OCC)c1. The Hall–Kier alpha value is -4.13. The molecule has 1 aromatic heterocycles. The van der Waals surface area contributed by atoms with Crippen LogP contribution >= 0.6 is 0 Å². The van der Waals surface area contributed by atoms with Gasteiger partial charge in [-0.25, -0.2) is 0 Å². The number of hydrogen-bond acceptors (Lipinski definition) is 6. The molecule has 7 nitrogen and oxygen atoms in total. The molecule has 1 atom stereocenters. The van der Waals surface area contributed by atoms with Crippen molar-refractivity contribution in [2.24, 2.45) is 0 Å². The first kappa shape index (κ1) is 24.0. The highest BCUT2D eigenvalue weighted by Crippen LogP contribution is 2.44. The van der Waals surface area contributed by atoms with Crippen molar-refractivity contribution >= 4 is 23.1 Å². The number of amides is 1. The first-order valence-corrected chi connectivity index (χ1v) is 11.6. The zero-order chi connectivity index (χ0) is 25.1. The largest absolute Gasteiger partial charge is 0.507 e. The molecule has 7 heteroatoms. The molecule has 1 saturated heterocycles. The molecule has 0 saturated carbocycles. The summed E-state index contributed by atoms with van der Waals surface area (Å²) in [5.74, 6) is -0.856. The van der Waals surface area contributed by atoms with Gasteiger partial charge in [-0.3, -0.25) is 19.5 Å². The number of carbonyl (C=O) groups is 2. The number of hydrogen-bond donors (Lipinski definition) is 1. The van der Waals surface area contributed by atoms with E-state index in [2.05, 4.69) is 4.98 Å². The molecule has 2 heterocycles. The Morgan fingerprint density at radius 2 is 1.80 bits per heavy atom. The van der Waals surface area contributed by atoms with Crippen LogP contribution in [-0.2, 0) is 9.59 Å². The number of pyridine rings is 1. The zero-order valence-corrected chi connectivity index (χ0v) is 20.2. The fraction of sp³-hybridized carbons (Fsp3) is 0.250. The lowest BCUT2D eigenvalue weighted by atomic mass is 9.95. The maximum Gasteiger partial charge on any atom is 0.300 e. The average molecular weight is 473 g/mol. The Bertz CT molecular complexity index is 1300. The molecule has 1 fully saturated rings. The maximum atomic E-state index is 13.4. The van der Waals surface area contributed by atoms with Crippen molar-refractivity contribution in [1.82, 2.24) is 4.98 Å². The van der Waals surface area contributed by atoms with Crippen LogP contribution in [0.3, 0.4) is 0 Å². The van der Waals surface area contributed by atoms with E-state index in [0.717, 1.165) is 11.1 Å². The van der Waals surface area contributed by atoms with Gasteiger partial charge in [-0.05, 0) is 63.1 Å². The highest BCUT2D eigenvalue weighted by atomic mass is 16.5. The number of nitrogens with zero attached hydrogens (tertiary/aromatic N) is 2. The smallest absolute Gasteiger partial charge is 0.300 e. The summed E-state index contributed by atoms with van der Waals surface area (Å²) in [4.78, 5) is 32.4. The van der Waals surface area contributed by atoms with Gasteiger partial charge in [-0.1, -0.05) is 23.8 Å². The lowest BCUT2D eigenvalue weighted by Gasteiger charge is -2.27. The number of Topliss-reactive ketones (excluding diaryl/α,β-unsaturated/α-hetero) is 1. The van der Waals surface area contributed by atoms with E-state index >= 15 is 0 Å². The van der Waals surface area contributed by atoms with Crippen molar-refractivity contribution in [1.29, 1.82) is 0 Å². The van der Waals surface area contributed by atoms with E-state index in [0.29, 0.717) is 41.5 Å². The van der Waals surface area contributed by atoms with E-state index in [4.69, 9.17) is 9.47 Å². The summed E-state index contributed by atoms with van der Waals surface area (Å²) < 4.78 is 11.3. The van der Waals surface area contributed by atoms with Crippen LogP contribution < -0.4 is 14.4 Å². The Morgan fingerprint density at radius 1 is 1.03 bits per heavy atom. The minimum absolute atomic E-state index is 0.0203. The monoisotopic (exact) mass is 472 g/mol. The second-order valence-corrected chi connectivity index (χ2v) is 8.27. The number of aliphatic hydroxyl groups is 1. The lowest BCUT2D eigenvalue weighted by Crippen LogP contribution is -2.30. The predicted molar refractivity (Wildman–Crippen MR) is 134 cm³/mol. The first-order valence-electron chi connectivity index (χ1n) is 11.6. The second kappa shape index (κ2) is 10.0. The van der Waals surface area contributed by atoms with Gasteiger partial charge in [0.25, 0.3) is 11.7 Å². The van der Waals surface area contributed by atoms with Crippen molar-refractivity contribution in [2.45, 2.75) is 33.7 Å². The van der Waals surface area contributed by atoms with Gasteiger partial charge >= 0.3 is 0 Å². The van der Waals surface area contributed by atoms with E-state index in [1.165, 1.54) is 4.90 Å². The number of anilines is 1. The van der Waals surface area contributed by atoms with Crippen molar-refractivity contribution in [3.05, 3.63) is 88.8 Å². The standard InChI is InChI=1S/C28H28N2O5/c1-5-34-20-10-11-21(23(15-20)35-6-2)26(31)24-25(19-8-7-13-29-16-19)30(28(33)27(24)32)22-12-9-17(3)14-18(22)4/h7-16,25,31H,5-6H2,1-4H3/b26-24-. The molecule has 3 aromatic rings. The summed E-state index contributed by atoms with van der Waals surface area (Å²) in [7, 11) is 0. The number of aryl methyl sites for hydroxylation is 2. The van der Waals surface area contributed by atoms with Crippen LogP contribution in [0.25, 0.3) is 5.76 Å². The van der Waals surface area contributed by atoms with Gasteiger partial charge in [0.1, 0.15) is 17.3 Å². The topological polar surface area (TPSA) is 89.0 Å². The Labute approximate surface area is 204 Å². The Balaban J connectivity index is 1.95. The molecule has 2 aromatic carbocycles. The average Bonchev–Trinajstić information content (AvgIpc) is 3.10. The summed E-state index contributed by atoms with van der Waals surface area (Å²) in [5.41, 5.74) is 3.38. The van der Waals surface area contributed by atoms with Crippen molar-refractivity contribution < 1.29 is 24.2 Å². The van der Waals surface area contributed by atoms with Gasteiger partial charge in [0.15, 0.2) is 0 Å². The summed E-state index contributed by atoms with van der Waals surface area (Å²) >= 11 is 0. The summed E-state index contributed by atoms with van der Waals surface area (Å²) in [6, 6.07) is 13.3. The summed E-state index contributed by atoms with van der Waals surface area (Å²) in [6.07, 6.45) is 3.22. The number of carbonyl (C=O) groups excluding carboxylic acids is 2. The predicted octanol–water partition coefficient (Wildman–Crippen LogP) is 5.12. The van der Waals surface area contributed by atoms with Crippen LogP contribution in [0.2, 0.25) is 0 Å². The molecule has 180 valence electrons. The van der Waals surface area contributed by atoms with Gasteiger partial charge in [0.05, 0.1) is 30.4 Å². The Morgan fingerprint density at radius 3 is 2.46 bits per heavy atom. The Kier molecular flexibility index (Phi) is 6.87. The van der Waals surface area contributed by atoms with Gasteiger partial charge in [-0.15, -0.1) is 0 Å². The molecule has 1 unspecified atom stereocenters. The fourth-order valence-corrected chi connectivity index (χ4v) is 4.38. The van der Waals surface area contributed by atoms with Gasteiger partial charge < -0.3 is 14.6 Å². The highest BCUT2D eigenvalue weighted by Gasteiger charge is 2.47. The number of aromatic nitrogens is 1. The van der Waals surface area contributed by atoms with Crippen LogP contribution in [0, 0.1) is 13.8 Å². The third-order valence-electron chi connectivity index (χ3n) is 5.88. The zero-order valence-electron chi connectivity index (χ0n) is 20.2. The van der Waals surface area contributed by atoms with Gasteiger partial charge in [0, 0.05) is 24.1 Å². The third-order valence-corrected chi connectivity index (χ3v) is 5.88. The summed E-state index contributed by atoms with van der Waals surface area (Å²) in [5, 5.41) is 11.5. The van der Waals surface area contributed by atoms with Crippen molar-refractivity contribution in [3.63, 3.8) is 0 Å². The van der Waals surface area contributed by atoms with E-state index < -0.39 is 17.7 Å². The highest BCUT2D eigenvalue weighted by molar-refractivity contribution is 6.51. The van der Waals surface area contributed by atoms with Crippen LogP contribution in [0.4, 0.5) is 5.69 Å². The van der Waals surface area contributed by atoms with E-state index in [1.807, 2.05) is 45.9 Å². The number of benzene rings is 2. The molecule has 1 amide bonds. The van der Waals surface area contributed by atoms with Gasteiger partial charge in [-0.2, -0.15) is 0 Å². The molecule has 1 aliphatic heterocycles. The quantitative estimate of drug-likeness (QED) is 0.292. The fourth-order valence-electron chi connectivity index (χ4n) is 4.38. The lowest BCUT2D eigenvalue weighted by molar-refractivity contribution is -0.132. The molecule has 0 aliphatic carbocycles. The molecule has 0 spiro atoms. The molecule has 1 aliphatic rings.